The Labute approximate surface area is 105 Å². The van der Waals surface area contributed by atoms with Crippen LogP contribution in [0.5, 0.6) is 5.75 Å². The molecule has 0 heterocycles. The summed E-state index contributed by atoms with van der Waals surface area (Å²) >= 11 is 0. The quantitative estimate of drug-likeness (QED) is 0.866. The molecular formula is C15H14O3. The number of phenols is 1. The van der Waals surface area contributed by atoms with Gasteiger partial charge in [-0.15, -0.1) is 0 Å². The van der Waals surface area contributed by atoms with Crippen molar-refractivity contribution in [2.45, 2.75) is 12.3 Å². The van der Waals surface area contributed by atoms with E-state index in [2.05, 4.69) is 0 Å². The van der Waals surface area contributed by atoms with E-state index in [0.717, 1.165) is 11.1 Å². The van der Waals surface area contributed by atoms with Crippen LogP contribution in [0.3, 0.4) is 0 Å². The van der Waals surface area contributed by atoms with Crippen LogP contribution in [-0.4, -0.2) is 16.2 Å². The van der Waals surface area contributed by atoms with Crippen LogP contribution >= 0.6 is 0 Å². The molecule has 3 heteroatoms. The van der Waals surface area contributed by atoms with Gasteiger partial charge in [0.25, 0.3) is 0 Å². The maximum Gasteiger partial charge on any atom is 0.311 e. The van der Waals surface area contributed by atoms with Crippen molar-refractivity contribution < 1.29 is 15.0 Å². The summed E-state index contributed by atoms with van der Waals surface area (Å²) in [6.07, 6.45) is 0.369. The number of rotatable bonds is 4. The van der Waals surface area contributed by atoms with Crippen molar-refractivity contribution in [3.63, 3.8) is 0 Å². The summed E-state index contributed by atoms with van der Waals surface area (Å²) in [6.45, 7) is 0. The minimum Gasteiger partial charge on any atom is -0.508 e. The van der Waals surface area contributed by atoms with Gasteiger partial charge in [-0.05, 0) is 29.7 Å². The van der Waals surface area contributed by atoms with Crippen LogP contribution in [0.15, 0.2) is 54.6 Å². The third-order valence-corrected chi connectivity index (χ3v) is 2.85. The molecule has 2 rings (SSSR count). The number of hydrogen-bond acceptors (Lipinski definition) is 2. The number of phenolic OH excluding ortho intramolecular Hbond substituents is 1. The lowest BCUT2D eigenvalue weighted by atomic mass is 9.92. The van der Waals surface area contributed by atoms with Gasteiger partial charge in [0.2, 0.25) is 0 Å². The third kappa shape index (κ3) is 2.88. The van der Waals surface area contributed by atoms with Crippen molar-refractivity contribution in [1.29, 1.82) is 0 Å². The van der Waals surface area contributed by atoms with E-state index < -0.39 is 11.9 Å². The highest BCUT2D eigenvalue weighted by molar-refractivity contribution is 5.76. The summed E-state index contributed by atoms with van der Waals surface area (Å²) in [4.78, 5) is 11.3. The lowest BCUT2D eigenvalue weighted by molar-refractivity contribution is -0.138. The van der Waals surface area contributed by atoms with Crippen LogP contribution in [0, 0.1) is 0 Å². The molecule has 1 atom stereocenters. The van der Waals surface area contributed by atoms with E-state index in [1.807, 2.05) is 36.4 Å². The summed E-state index contributed by atoms with van der Waals surface area (Å²) in [5, 5.41) is 18.7. The second-order valence-electron chi connectivity index (χ2n) is 4.18. The standard InChI is InChI=1S/C15H14O3/c16-13-8-4-5-11(9-13)10-14(15(17)18)12-6-2-1-3-7-12/h1-9,14,16H,10H2,(H,17,18)/t14-/m0/s1. The van der Waals surface area contributed by atoms with Crippen LogP contribution in [0.2, 0.25) is 0 Å². The van der Waals surface area contributed by atoms with Gasteiger partial charge < -0.3 is 10.2 Å². The second-order valence-corrected chi connectivity index (χ2v) is 4.18. The lowest BCUT2D eigenvalue weighted by Gasteiger charge is -2.12. The van der Waals surface area contributed by atoms with Crippen molar-refractivity contribution >= 4 is 5.97 Å². The molecule has 0 radical (unpaired) electrons. The first-order valence-corrected chi connectivity index (χ1v) is 5.72. The van der Waals surface area contributed by atoms with Crippen LogP contribution in [0.1, 0.15) is 17.0 Å². The minimum absolute atomic E-state index is 0.157. The van der Waals surface area contributed by atoms with Crippen molar-refractivity contribution in [2.24, 2.45) is 0 Å². The third-order valence-electron chi connectivity index (χ3n) is 2.85. The van der Waals surface area contributed by atoms with Gasteiger partial charge >= 0.3 is 5.97 Å². The van der Waals surface area contributed by atoms with Gasteiger partial charge in [-0.3, -0.25) is 4.79 Å². The normalized spacial score (nSPS) is 12.0. The van der Waals surface area contributed by atoms with E-state index in [4.69, 9.17) is 0 Å². The SMILES string of the molecule is O=C(O)[C@@H](Cc1cccc(O)c1)c1ccccc1. The zero-order valence-electron chi connectivity index (χ0n) is 9.78. The molecule has 0 bridgehead atoms. The zero-order valence-corrected chi connectivity index (χ0v) is 9.78. The summed E-state index contributed by atoms with van der Waals surface area (Å²) in [6, 6.07) is 15.8. The fraction of sp³-hybridized carbons (Fsp3) is 0.133. The Morgan fingerprint density at radius 2 is 1.78 bits per heavy atom. The van der Waals surface area contributed by atoms with Gasteiger partial charge in [-0.2, -0.15) is 0 Å². The second kappa shape index (κ2) is 5.36. The largest absolute Gasteiger partial charge is 0.508 e. The highest BCUT2D eigenvalue weighted by Gasteiger charge is 2.19. The van der Waals surface area contributed by atoms with Crippen LogP contribution in [0.25, 0.3) is 0 Å². The Morgan fingerprint density at radius 3 is 2.39 bits per heavy atom. The first-order valence-electron chi connectivity index (χ1n) is 5.72. The molecule has 2 N–H and O–H groups in total. The Morgan fingerprint density at radius 1 is 1.06 bits per heavy atom. The van der Waals surface area contributed by atoms with Crippen LogP contribution in [-0.2, 0) is 11.2 Å². The fourth-order valence-electron chi connectivity index (χ4n) is 1.95. The molecule has 0 saturated heterocycles. The van der Waals surface area contributed by atoms with E-state index in [1.165, 1.54) is 0 Å². The Bertz CT molecular complexity index is 534. The molecule has 18 heavy (non-hydrogen) atoms. The van der Waals surface area contributed by atoms with Crippen LogP contribution in [0.4, 0.5) is 0 Å². The summed E-state index contributed by atoms with van der Waals surface area (Å²) in [5.41, 5.74) is 1.58. The maximum atomic E-state index is 11.3. The van der Waals surface area contributed by atoms with E-state index in [-0.39, 0.29) is 5.75 Å². The highest BCUT2D eigenvalue weighted by Crippen LogP contribution is 2.22. The molecular weight excluding hydrogens is 228 g/mol. The molecule has 0 aliphatic carbocycles. The van der Waals surface area contributed by atoms with Crippen molar-refractivity contribution in [3.05, 3.63) is 65.7 Å². The molecule has 0 aliphatic rings. The van der Waals surface area contributed by atoms with E-state index in [9.17, 15) is 15.0 Å². The number of carboxylic acid groups (broad SMARTS) is 1. The molecule has 2 aromatic carbocycles. The first-order chi connectivity index (χ1) is 8.66. The Balaban J connectivity index is 2.25. The van der Waals surface area contributed by atoms with Crippen molar-refractivity contribution in [1.82, 2.24) is 0 Å². The van der Waals surface area contributed by atoms with Crippen molar-refractivity contribution in [2.75, 3.05) is 0 Å². The van der Waals surface area contributed by atoms with Gasteiger partial charge in [0.15, 0.2) is 0 Å². The van der Waals surface area contributed by atoms with Gasteiger partial charge in [0.05, 0.1) is 5.92 Å². The monoisotopic (exact) mass is 242 g/mol. The number of benzene rings is 2. The van der Waals surface area contributed by atoms with E-state index in [0.29, 0.717) is 6.42 Å². The average molecular weight is 242 g/mol. The molecule has 92 valence electrons. The predicted molar refractivity (Wildman–Crippen MR) is 68.6 cm³/mol. The maximum absolute atomic E-state index is 11.3. The smallest absolute Gasteiger partial charge is 0.311 e. The van der Waals surface area contributed by atoms with Gasteiger partial charge in [0.1, 0.15) is 5.75 Å². The van der Waals surface area contributed by atoms with Gasteiger partial charge in [-0.1, -0.05) is 42.5 Å². The molecule has 0 saturated carbocycles. The fourth-order valence-corrected chi connectivity index (χ4v) is 1.95. The number of aliphatic carboxylic acids is 1. The zero-order chi connectivity index (χ0) is 13.0. The predicted octanol–water partition coefficient (Wildman–Crippen LogP) is 2.80. The topological polar surface area (TPSA) is 57.5 Å². The summed E-state index contributed by atoms with van der Waals surface area (Å²) in [5.74, 6) is -1.29. The molecule has 0 spiro atoms. The van der Waals surface area contributed by atoms with Crippen LogP contribution < -0.4 is 0 Å². The summed E-state index contributed by atoms with van der Waals surface area (Å²) < 4.78 is 0. The molecule has 3 nitrogen and oxygen atoms in total. The van der Waals surface area contributed by atoms with E-state index >= 15 is 0 Å². The lowest BCUT2D eigenvalue weighted by Crippen LogP contribution is -2.14. The number of aromatic hydroxyl groups is 1. The summed E-state index contributed by atoms with van der Waals surface area (Å²) in [7, 11) is 0. The molecule has 0 aliphatic heterocycles. The first kappa shape index (κ1) is 12.2. The van der Waals surface area contributed by atoms with E-state index in [1.54, 1.807) is 18.2 Å². The molecule has 2 aromatic rings. The van der Waals surface area contributed by atoms with Gasteiger partial charge in [0, 0.05) is 0 Å². The minimum atomic E-state index is -0.857. The molecule has 0 amide bonds. The average Bonchev–Trinajstić information content (AvgIpc) is 2.37. The Hall–Kier alpha value is -2.29. The molecule has 0 fully saturated rings. The number of carbonyl (C=O) groups is 1. The molecule has 0 aromatic heterocycles. The number of hydrogen-bond donors (Lipinski definition) is 2. The molecule has 0 unspecified atom stereocenters. The number of carboxylic acids is 1. The van der Waals surface area contributed by atoms with Crippen molar-refractivity contribution in [3.8, 4) is 5.75 Å². The highest BCUT2D eigenvalue weighted by atomic mass is 16.4. The Kier molecular flexibility index (Phi) is 3.63. The van der Waals surface area contributed by atoms with Gasteiger partial charge in [-0.25, -0.2) is 0 Å².